The van der Waals surface area contributed by atoms with Crippen molar-refractivity contribution in [2.75, 3.05) is 26.4 Å². The van der Waals surface area contributed by atoms with Gasteiger partial charge in [0.15, 0.2) is 6.10 Å². The van der Waals surface area contributed by atoms with Gasteiger partial charge in [-0.3, -0.25) is 23.7 Å². The second-order valence-electron chi connectivity index (χ2n) is 13.5. The van der Waals surface area contributed by atoms with Gasteiger partial charge in [-0.2, -0.15) is 0 Å². The molecule has 0 aliphatic heterocycles. The molecule has 0 radical (unpaired) electrons. The van der Waals surface area contributed by atoms with E-state index in [2.05, 4.69) is 19.2 Å². The van der Waals surface area contributed by atoms with Crippen molar-refractivity contribution >= 4 is 31.6 Å². The quantitative estimate of drug-likeness (QED) is 0.0340. The third-order valence-corrected chi connectivity index (χ3v) is 9.55. The maximum Gasteiger partial charge on any atom is 1.00 e. The van der Waals surface area contributed by atoms with Gasteiger partial charge in [-0.05, 0) is 19.3 Å². The van der Waals surface area contributed by atoms with Crippen LogP contribution in [0.2, 0.25) is 0 Å². The zero-order chi connectivity index (χ0) is 37.8. The Bertz CT molecular complexity index is 941. The van der Waals surface area contributed by atoms with Crippen LogP contribution in [-0.4, -0.2) is 61.4 Å². The van der Waals surface area contributed by atoms with Gasteiger partial charge in [-0.15, -0.1) is 0 Å². The Balaban J connectivity index is 0. The molecule has 0 rings (SSSR count). The number of phosphoric ester groups is 1. The summed E-state index contributed by atoms with van der Waals surface area (Å²) < 4.78 is 32.8. The Hall–Kier alpha value is -1.01. The predicted octanol–water partition coefficient (Wildman–Crippen LogP) is 5.72. The SMILES string of the molecule is CCCCCCCCCCCCCC(=O)OC[C@H](COP(=O)([O-])OCCNC(=O)CCCC(=O)O)OC(=O)CCCCCCCCCCCCC.[Na+]. The van der Waals surface area contributed by atoms with Crippen LogP contribution in [-0.2, 0) is 42.3 Å². The number of aliphatic carboxylic acids is 1. The van der Waals surface area contributed by atoms with Crippen LogP contribution >= 0.6 is 7.82 Å². The summed E-state index contributed by atoms with van der Waals surface area (Å²) >= 11 is 0. The molecule has 12 nitrogen and oxygen atoms in total. The first-order valence-corrected chi connectivity index (χ1v) is 21.5. The van der Waals surface area contributed by atoms with Crippen molar-refractivity contribution in [3.05, 3.63) is 0 Å². The molecular weight excluding hydrogens is 700 g/mol. The van der Waals surface area contributed by atoms with Gasteiger partial charge in [0.2, 0.25) is 5.91 Å². The van der Waals surface area contributed by atoms with Crippen LogP contribution in [0.1, 0.15) is 187 Å². The number of amides is 1. The Morgan fingerprint density at radius 2 is 1.04 bits per heavy atom. The van der Waals surface area contributed by atoms with E-state index in [-0.39, 0.29) is 74.8 Å². The minimum Gasteiger partial charge on any atom is -0.756 e. The summed E-state index contributed by atoms with van der Waals surface area (Å²) in [6.07, 6.45) is 24.5. The number of esters is 2. The Labute approximate surface area is 336 Å². The smallest absolute Gasteiger partial charge is 0.756 e. The third-order valence-electron chi connectivity index (χ3n) is 8.58. The zero-order valence-electron chi connectivity index (χ0n) is 33.0. The number of rotatable bonds is 38. The Kier molecular flexibility index (Phi) is 39.1. The number of ether oxygens (including phenoxy) is 2. The second kappa shape index (κ2) is 38.3. The maximum atomic E-state index is 12.6. The third kappa shape index (κ3) is 38.7. The summed E-state index contributed by atoms with van der Waals surface area (Å²) in [5, 5.41) is 11.1. The number of unbranched alkanes of at least 4 members (excludes halogenated alkanes) is 20. The van der Waals surface area contributed by atoms with Gasteiger partial charge in [0.25, 0.3) is 7.82 Å². The maximum absolute atomic E-state index is 12.6. The molecule has 0 fully saturated rings. The molecule has 2 N–H and O–H groups in total. The van der Waals surface area contributed by atoms with Gasteiger partial charge in [0, 0.05) is 32.2 Å². The first-order valence-electron chi connectivity index (χ1n) is 20.0. The summed E-state index contributed by atoms with van der Waals surface area (Å²) in [5.41, 5.74) is 0. The van der Waals surface area contributed by atoms with Gasteiger partial charge in [0.1, 0.15) is 6.61 Å². The van der Waals surface area contributed by atoms with Crippen LogP contribution in [0.4, 0.5) is 0 Å². The van der Waals surface area contributed by atoms with E-state index in [4.69, 9.17) is 23.6 Å². The fourth-order valence-corrected chi connectivity index (χ4v) is 6.27. The van der Waals surface area contributed by atoms with Crippen molar-refractivity contribution in [3.8, 4) is 0 Å². The molecule has 0 saturated heterocycles. The number of phosphoric acid groups is 1. The topological polar surface area (TPSA) is 178 Å². The fourth-order valence-electron chi connectivity index (χ4n) is 5.53. The average Bonchev–Trinajstić information content (AvgIpc) is 3.09. The molecular formula is C38H71NNaO11P. The molecule has 0 aromatic carbocycles. The van der Waals surface area contributed by atoms with Gasteiger partial charge in [0.05, 0.1) is 13.2 Å². The standard InChI is InChI=1S/C38H72NO11P.Na/c1-3-5-7-9-11-13-15-17-19-21-23-28-37(43)47-32-34(50-38(44)29-24-22-20-18-16-14-12-10-8-6-4-2)33-49-51(45,46)48-31-30-39-35(40)26-25-27-36(41)42;/h34H,3-33H2,1-2H3,(H,39,40)(H,41,42)(H,45,46);/q;+1/p-1/t34-;/m1./s1. The first kappa shape index (κ1) is 53.1. The van der Waals surface area contributed by atoms with Gasteiger partial charge in [-0.1, -0.05) is 142 Å². The van der Waals surface area contributed by atoms with Crippen molar-refractivity contribution in [2.24, 2.45) is 0 Å². The molecule has 0 bridgehead atoms. The molecule has 0 saturated carbocycles. The molecule has 0 aromatic heterocycles. The van der Waals surface area contributed by atoms with E-state index in [1.165, 1.54) is 89.9 Å². The van der Waals surface area contributed by atoms with E-state index in [1.807, 2.05) is 0 Å². The van der Waals surface area contributed by atoms with E-state index in [0.29, 0.717) is 12.8 Å². The summed E-state index contributed by atoms with van der Waals surface area (Å²) in [6, 6.07) is 0. The molecule has 1 unspecified atom stereocenters. The van der Waals surface area contributed by atoms with Crippen LogP contribution in [0.3, 0.4) is 0 Å². The summed E-state index contributed by atoms with van der Waals surface area (Å²) in [5.74, 6) is -2.40. The fraction of sp³-hybridized carbons (Fsp3) is 0.895. The van der Waals surface area contributed by atoms with Crippen LogP contribution in [0.15, 0.2) is 0 Å². The molecule has 2 atom stereocenters. The largest absolute Gasteiger partial charge is 1.00 e. The molecule has 0 aliphatic carbocycles. The minimum atomic E-state index is -4.83. The number of nitrogens with one attached hydrogen (secondary N) is 1. The van der Waals surface area contributed by atoms with E-state index in [1.54, 1.807) is 0 Å². The molecule has 1 amide bonds. The number of carbonyl (C=O) groups excluding carboxylic acids is 3. The summed E-state index contributed by atoms with van der Waals surface area (Å²) in [4.78, 5) is 59.6. The minimum absolute atomic E-state index is 0. The molecule has 14 heteroatoms. The average molecular weight is 772 g/mol. The number of carboxylic acid groups (broad SMARTS) is 1. The summed E-state index contributed by atoms with van der Waals surface area (Å²) in [6.45, 7) is 2.98. The van der Waals surface area contributed by atoms with Crippen LogP contribution in [0, 0.1) is 0 Å². The van der Waals surface area contributed by atoms with Crippen molar-refractivity contribution in [3.63, 3.8) is 0 Å². The number of carbonyl (C=O) groups is 4. The van der Waals surface area contributed by atoms with Crippen LogP contribution in [0.5, 0.6) is 0 Å². The second-order valence-corrected chi connectivity index (χ2v) is 15.0. The van der Waals surface area contributed by atoms with Crippen molar-refractivity contribution in [2.45, 2.75) is 193 Å². The molecule has 0 aliphatic rings. The van der Waals surface area contributed by atoms with Crippen molar-refractivity contribution in [1.29, 1.82) is 0 Å². The van der Waals surface area contributed by atoms with Crippen LogP contribution in [0.25, 0.3) is 0 Å². The van der Waals surface area contributed by atoms with E-state index in [0.717, 1.165) is 38.5 Å². The number of hydrogen-bond donors (Lipinski definition) is 2. The zero-order valence-corrected chi connectivity index (χ0v) is 35.9. The normalized spacial score (nSPS) is 12.8. The summed E-state index contributed by atoms with van der Waals surface area (Å²) in [7, 11) is -4.83. The van der Waals surface area contributed by atoms with Crippen molar-refractivity contribution < 1.29 is 81.8 Å². The number of carboxylic acids is 1. The number of hydrogen-bond acceptors (Lipinski definition) is 10. The first-order chi connectivity index (χ1) is 24.6. The van der Waals surface area contributed by atoms with E-state index >= 15 is 0 Å². The van der Waals surface area contributed by atoms with E-state index in [9.17, 15) is 28.6 Å². The molecule has 0 aromatic rings. The Morgan fingerprint density at radius 1 is 0.596 bits per heavy atom. The van der Waals surface area contributed by atoms with E-state index < -0.39 is 51.0 Å². The monoisotopic (exact) mass is 771 g/mol. The molecule has 0 heterocycles. The van der Waals surface area contributed by atoms with Crippen molar-refractivity contribution in [1.82, 2.24) is 5.32 Å². The van der Waals surface area contributed by atoms with Gasteiger partial charge >= 0.3 is 47.5 Å². The van der Waals surface area contributed by atoms with Crippen LogP contribution < -0.4 is 39.8 Å². The molecule has 52 heavy (non-hydrogen) atoms. The molecule has 300 valence electrons. The van der Waals surface area contributed by atoms with Gasteiger partial charge < -0.3 is 33.8 Å². The predicted molar refractivity (Wildman–Crippen MR) is 197 cm³/mol. The molecule has 0 spiro atoms. The van der Waals surface area contributed by atoms with Gasteiger partial charge in [-0.25, -0.2) is 0 Å². The Morgan fingerprint density at radius 3 is 1.50 bits per heavy atom.